The first kappa shape index (κ1) is 14.1. The minimum atomic E-state index is -0.729. The molecule has 0 saturated carbocycles. The van der Waals surface area contributed by atoms with Crippen molar-refractivity contribution in [1.29, 1.82) is 0 Å². The minimum Gasteiger partial charge on any atom is -0.391 e. The van der Waals surface area contributed by atoms with Crippen LogP contribution >= 0.6 is 0 Å². The van der Waals surface area contributed by atoms with E-state index in [9.17, 15) is 9.59 Å². The van der Waals surface area contributed by atoms with Crippen LogP contribution in [0.5, 0.6) is 0 Å². The van der Waals surface area contributed by atoms with Crippen LogP contribution in [0.25, 0.3) is 0 Å². The van der Waals surface area contributed by atoms with Crippen molar-refractivity contribution in [1.82, 2.24) is 0 Å². The van der Waals surface area contributed by atoms with Crippen molar-refractivity contribution in [2.45, 2.75) is 51.6 Å². The molecule has 0 saturated heterocycles. The van der Waals surface area contributed by atoms with E-state index in [0.717, 1.165) is 12.8 Å². The molecule has 88 valence electrons. The second-order valence-corrected chi connectivity index (χ2v) is 3.53. The van der Waals surface area contributed by atoms with Gasteiger partial charge in [-0.2, -0.15) is 0 Å². The van der Waals surface area contributed by atoms with E-state index < -0.39 is 24.0 Å². The maximum absolute atomic E-state index is 11.2. The van der Waals surface area contributed by atoms with E-state index in [1.807, 2.05) is 13.8 Å². The van der Waals surface area contributed by atoms with Crippen LogP contribution in [0.2, 0.25) is 0 Å². The molecule has 5 nitrogen and oxygen atoms in total. The number of esters is 2. The van der Waals surface area contributed by atoms with Crippen LogP contribution in [0.4, 0.5) is 0 Å². The molecule has 0 aliphatic carbocycles. The topological polar surface area (TPSA) is 95.4 Å². The number of hydrogen-bond acceptors (Lipinski definition) is 5. The Morgan fingerprint density at radius 3 is 1.60 bits per heavy atom. The Morgan fingerprint density at radius 2 is 1.33 bits per heavy atom. The third kappa shape index (κ3) is 5.49. The summed E-state index contributed by atoms with van der Waals surface area (Å²) in [5, 5.41) is 0. The summed E-state index contributed by atoms with van der Waals surface area (Å²) in [6, 6.07) is -1.46. The largest absolute Gasteiger partial charge is 0.391 e. The Bertz CT molecular complexity index is 197. The molecule has 0 aliphatic rings. The Labute approximate surface area is 90.1 Å². The fourth-order valence-electron chi connectivity index (χ4n) is 1.11. The van der Waals surface area contributed by atoms with Gasteiger partial charge in [-0.15, -0.1) is 0 Å². The SMILES string of the molecule is CCC[C@H](N)C(=O)OC(=O)[C@@H](N)CCC. The molecule has 0 aromatic rings. The highest BCUT2D eigenvalue weighted by Crippen LogP contribution is 2.00. The second kappa shape index (κ2) is 7.36. The smallest absolute Gasteiger partial charge is 0.330 e. The summed E-state index contributed by atoms with van der Waals surface area (Å²) in [6.07, 6.45) is 2.56. The minimum absolute atomic E-state index is 0.509. The third-order valence-corrected chi connectivity index (χ3v) is 2.01. The van der Waals surface area contributed by atoms with Crippen LogP contribution in [-0.2, 0) is 14.3 Å². The van der Waals surface area contributed by atoms with Crippen molar-refractivity contribution in [3.05, 3.63) is 0 Å². The first-order valence-electron chi connectivity index (χ1n) is 5.29. The maximum Gasteiger partial charge on any atom is 0.330 e. The molecule has 0 radical (unpaired) electrons. The monoisotopic (exact) mass is 216 g/mol. The van der Waals surface area contributed by atoms with Crippen molar-refractivity contribution in [2.24, 2.45) is 11.5 Å². The molecule has 0 amide bonds. The number of carbonyl (C=O) groups is 2. The molecule has 0 heterocycles. The van der Waals surface area contributed by atoms with Gasteiger partial charge in [-0.25, -0.2) is 9.59 Å². The molecule has 0 aliphatic heterocycles. The highest BCUT2D eigenvalue weighted by atomic mass is 16.6. The van der Waals surface area contributed by atoms with Gasteiger partial charge >= 0.3 is 11.9 Å². The van der Waals surface area contributed by atoms with Crippen molar-refractivity contribution in [3.63, 3.8) is 0 Å². The van der Waals surface area contributed by atoms with Gasteiger partial charge < -0.3 is 16.2 Å². The molecule has 0 aromatic heterocycles. The number of rotatable bonds is 6. The van der Waals surface area contributed by atoms with E-state index in [1.54, 1.807) is 0 Å². The lowest BCUT2D eigenvalue weighted by Crippen LogP contribution is -2.39. The number of ether oxygens (including phenoxy) is 1. The molecule has 0 bridgehead atoms. The second-order valence-electron chi connectivity index (χ2n) is 3.53. The van der Waals surface area contributed by atoms with Crippen LogP contribution in [0.15, 0.2) is 0 Å². The van der Waals surface area contributed by atoms with Gasteiger partial charge in [0.05, 0.1) is 0 Å². The quantitative estimate of drug-likeness (QED) is 0.492. The van der Waals surface area contributed by atoms with E-state index >= 15 is 0 Å². The summed E-state index contributed by atoms with van der Waals surface area (Å²) >= 11 is 0. The highest BCUT2D eigenvalue weighted by molar-refractivity contribution is 5.90. The average molecular weight is 216 g/mol. The van der Waals surface area contributed by atoms with Crippen molar-refractivity contribution in [3.8, 4) is 0 Å². The maximum atomic E-state index is 11.2. The van der Waals surface area contributed by atoms with Crippen LogP contribution in [0, 0.1) is 0 Å². The lowest BCUT2D eigenvalue weighted by molar-refractivity contribution is -0.161. The summed E-state index contributed by atoms with van der Waals surface area (Å²) in [4.78, 5) is 22.5. The number of nitrogens with two attached hydrogens (primary N) is 2. The summed E-state index contributed by atoms with van der Waals surface area (Å²) in [5.74, 6) is -1.37. The van der Waals surface area contributed by atoms with Crippen LogP contribution < -0.4 is 11.5 Å². The van der Waals surface area contributed by atoms with Crippen LogP contribution in [0.3, 0.4) is 0 Å². The van der Waals surface area contributed by atoms with Gasteiger partial charge in [0, 0.05) is 0 Å². The Balaban J connectivity index is 4.00. The lowest BCUT2D eigenvalue weighted by atomic mass is 10.2. The fraction of sp³-hybridized carbons (Fsp3) is 0.800. The number of carbonyl (C=O) groups excluding carboxylic acids is 2. The van der Waals surface area contributed by atoms with Crippen molar-refractivity contribution < 1.29 is 14.3 Å². The molecular weight excluding hydrogens is 196 g/mol. The van der Waals surface area contributed by atoms with E-state index in [-0.39, 0.29) is 0 Å². The van der Waals surface area contributed by atoms with Crippen LogP contribution in [0.1, 0.15) is 39.5 Å². The van der Waals surface area contributed by atoms with E-state index in [4.69, 9.17) is 11.5 Å². The average Bonchev–Trinajstić information content (AvgIpc) is 2.18. The zero-order chi connectivity index (χ0) is 11.8. The van der Waals surface area contributed by atoms with Gasteiger partial charge in [-0.3, -0.25) is 0 Å². The molecular formula is C10H20N2O3. The molecule has 5 heteroatoms. The van der Waals surface area contributed by atoms with Gasteiger partial charge in [0.2, 0.25) is 0 Å². The molecule has 0 unspecified atom stereocenters. The van der Waals surface area contributed by atoms with E-state index in [2.05, 4.69) is 4.74 Å². The normalized spacial score (nSPS) is 14.4. The van der Waals surface area contributed by atoms with Gasteiger partial charge in [-0.05, 0) is 12.8 Å². The zero-order valence-electron chi connectivity index (χ0n) is 9.36. The van der Waals surface area contributed by atoms with Gasteiger partial charge in [0.25, 0.3) is 0 Å². The van der Waals surface area contributed by atoms with Crippen molar-refractivity contribution in [2.75, 3.05) is 0 Å². The van der Waals surface area contributed by atoms with Gasteiger partial charge in [-0.1, -0.05) is 26.7 Å². The van der Waals surface area contributed by atoms with Gasteiger partial charge in [0.1, 0.15) is 12.1 Å². The van der Waals surface area contributed by atoms with E-state index in [1.165, 1.54) is 0 Å². The Kier molecular flexibility index (Phi) is 6.90. The summed E-state index contributed by atoms with van der Waals surface area (Å²) < 4.78 is 4.55. The Morgan fingerprint density at radius 1 is 1.00 bits per heavy atom. The first-order chi connectivity index (χ1) is 7.02. The summed E-state index contributed by atoms with van der Waals surface area (Å²) in [7, 11) is 0. The summed E-state index contributed by atoms with van der Waals surface area (Å²) in [6.45, 7) is 3.80. The standard InChI is InChI=1S/C10H20N2O3/c1-3-5-7(11)9(13)15-10(14)8(12)6-4-2/h7-8H,3-6,11-12H2,1-2H3/t7-,8-/m0/s1. The summed E-state index contributed by atoms with van der Waals surface area (Å²) in [5.41, 5.74) is 11.0. The Hall–Kier alpha value is -0.940. The molecule has 0 aromatic carbocycles. The zero-order valence-corrected chi connectivity index (χ0v) is 9.36. The molecule has 0 spiro atoms. The number of hydrogen-bond donors (Lipinski definition) is 2. The van der Waals surface area contributed by atoms with Gasteiger partial charge in [0.15, 0.2) is 0 Å². The van der Waals surface area contributed by atoms with Crippen LogP contribution in [-0.4, -0.2) is 24.0 Å². The predicted octanol–water partition coefficient (Wildman–Crippen LogP) is 0.311. The van der Waals surface area contributed by atoms with E-state index in [0.29, 0.717) is 12.8 Å². The third-order valence-electron chi connectivity index (χ3n) is 2.01. The molecule has 15 heavy (non-hydrogen) atoms. The molecule has 0 fully saturated rings. The molecule has 2 atom stereocenters. The fourth-order valence-corrected chi connectivity index (χ4v) is 1.11. The van der Waals surface area contributed by atoms with Crippen molar-refractivity contribution >= 4 is 11.9 Å². The predicted molar refractivity (Wildman–Crippen MR) is 56.9 cm³/mol. The molecule has 4 N–H and O–H groups in total. The first-order valence-corrected chi connectivity index (χ1v) is 5.29. The lowest BCUT2D eigenvalue weighted by Gasteiger charge is -2.12. The molecule has 0 rings (SSSR count). The highest BCUT2D eigenvalue weighted by Gasteiger charge is 2.21.